The molecule has 17 heavy (non-hydrogen) atoms. The van der Waals surface area contributed by atoms with Crippen molar-refractivity contribution in [1.29, 1.82) is 0 Å². The maximum absolute atomic E-state index is 5.36. The average molecular weight is 293 g/mol. The quantitative estimate of drug-likeness (QED) is 0.674. The Morgan fingerprint density at radius 3 is 2.82 bits per heavy atom. The van der Waals surface area contributed by atoms with E-state index < -0.39 is 0 Å². The monoisotopic (exact) mass is 292 g/mol. The highest BCUT2D eigenvalue weighted by molar-refractivity contribution is 9.10. The first-order valence-corrected chi connectivity index (χ1v) is 6.02. The number of aromatic nitrogens is 2. The molecule has 0 saturated heterocycles. The Morgan fingerprint density at radius 1 is 1.29 bits per heavy atom. The Hall–Kier alpha value is -1.46. The molecule has 3 N–H and O–H groups in total. The maximum atomic E-state index is 5.36. The fourth-order valence-electron chi connectivity index (χ4n) is 1.61. The molecular formula is C12H13BrN4. The third-order valence-corrected chi connectivity index (χ3v) is 2.79. The molecule has 0 fully saturated rings. The Labute approximate surface area is 108 Å². The molecular weight excluding hydrogens is 280 g/mol. The Bertz CT molecular complexity index is 528. The number of rotatable bonds is 3. The minimum absolute atomic E-state index is 0.641. The summed E-state index contributed by atoms with van der Waals surface area (Å²) >= 11 is 3.44. The highest BCUT2D eigenvalue weighted by Gasteiger charge is 2.03. The number of hydrazine groups is 1. The van der Waals surface area contributed by atoms with Gasteiger partial charge in [-0.3, -0.25) is 0 Å². The summed E-state index contributed by atoms with van der Waals surface area (Å²) in [6.07, 6.45) is 0.690. The number of hydrogen-bond acceptors (Lipinski definition) is 4. The molecule has 0 unspecified atom stereocenters. The molecule has 1 heterocycles. The highest BCUT2D eigenvalue weighted by Crippen LogP contribution is 2.14. The lowest BCUT2D eigenvalue weighted by atomic mass is 10.1. The predicted octanol–water partition coefficient (Wildman–Crippen LogP) is 2.42. The molecule has 0 radical (unpaired) electrons. The summed E-state index contributed by atoms with van der Waals surface area (Å²) in [5.74, 6) is 6.76. The zero-order valence-electron chi connectivity index (χ0n) is 9.44. The van der Waals surface area contributed by atoms with E-state index in [1.807, 2.05) is 31.2 Å². The van der Waals surface area contributed by atoms with Crippen molar-refractivity contribution in [2.45, 2.75) is 13.3 Å². The lowest BCUT2D eigenvalue weighted by Crippen LogP contribution is -2.11. The third-order valence-electron chi connectivity index (χ3n) is 2.30. The number of hydrogen-bond donors (Lipinski definition) is 2. The van der Waals surface area contributed by atoms with E-state index in [0.29, 0.717) is 12.2 Å². The van der Waals surface area contributed by atoms with Gasteiger partial charge in [0.1, 0.15) is 11.6 Å². The highest BCUT2D eigenvalue weighted by atomic mass is 79.9. The van der Waals surface area contributed by atoms with E-state index >= 15 is 0 Å². The molecule has 0 bridgehead atoms. The number of nitrogens with one attached hydrogen (secondary N) is 1. The molecule has 4 nitrogen and oxygen atoms in total. The van der Waals surface area contributed by atoms with Gasteiger partial charge in [0, 0.05) is 22.7 Å². The first kappa shape index (κ1) is 12.0. The number of benzene rings is 1. The van der Waals surface area contributed by atoms with Crippen LogP contribution in [0.1, 0.15) is 17.1 Å². The Kier molecular flexibility index (Phi) is 3.71. The first-order chi connectivity index (χ1) is 8.17. The van der Waals surface area contributed by atoms with Crippen LogP contribution >= 0.6 is 15.9 Å². The molecule has 5 heteroatoms. The van der Waals surface area contributed by atoms with Crippen LogP contribution in [0.25, 0.3) is 0 Å². The predicted molar refractivity (Wildman–Crippen MR) is 71.5 cm³/mol. The molecule has 2 rings (SSSR count). The number of aryl methyl sites for hydroxylation is 1. The van der Waals surface area contributed by atoms with Gasteiger partial charge in [-0.25, -0.2) is 15.8 Å². The van der Waals surface area contributed by atoms with Crippen LogP contribution < -0.4 is 11.3 Å². The van der Waals surface area contributed by atoms with Gasteiger partial charge in [-0.05, 0) is 24.6 Å². The fourth-order valence-corrected chi connectivity index (χ4v) is 2.06. The van der Waals surface area contributed by atoms with Crippen molar-refractivity contribution >= 4 is 21.7 Å². The topological polar surface area (TPSA) is 63.8 Å². The van der Waals surface area contributed by atoms with Gasteiger partial charge in [-0.2, -0.15) is 0 Å². The van der Waals surface area contributed by atoms with Crippen molar-refractivity contribution in [3.8, 4) is 0 Å². The van der Waals surface area contributed by atoms with Crippen LogP contribution in [0.2, 0.25) is 0 Å². The molecule has 1 aromatic carbocycles. The lowest BCUT2D eigenvalue weighted by Gasteiger charge is -2.05. The standard InChI is InChI=1S/C12H13BrN4/c1-8-5-12(17-14)16-11(15-8)7-9-3-2-4-10(13)6-9/h2-6H,7,14H2,1H3,(H,15,16,17). The summed E-state index contributed by atoms with van der Waals surface area (Å²) < 4.78 is 1.06. The second-order valence-electron chi connectivity index (χ2n) is 3.76. The van der Waals surface area contributed by atoms with Crippen LogP contribution in [0.3, 0.4) is 0 Å². The number of nitrogens with zero attached hydrogens (tertiary/aromatic N) is 2. The summed E-state index contributed by atoms with van der Waals surface area (Å²) in [6, 6.07) is 9.91. The van der Waals surface area contributed by atoms with Gasteiger partial charge < -0.3 is 5.43 Å². The number of nitrogen functional groups attached to an aromatic ring is 1. The van der Waals surface area contributed by atoms with Crippen molar-refractivity contribution in [3.05, 3.63) is 51.9 Å². The molecule has 1 aromatic heterocycles. The smallest absolute Gasteiger partial charge is 0.143 e. The van der Waals surface area contributed by atoms with Crippen molar-refractivity contribution in [2.24, 2.45) is 5.84 Å². The normalized spacial score (nSPS) is 10.3. The molecule has 0 spiro atoms. The Morgan fingerprint density at radius 2 is 2.12 bits per heavy atom. The molecule has 2 aromatic rings. The van der Waals surface area contributed by atoms with Gasteiger partial charge in [0.05, 0.1) is 0 Å². The molecule has 0 saturated carbocycles. The molecule has 0 aliphatic heterocycles. The van der Waals surface area contributed by atoms with E-state index in [9.17, 15) is 0 Å². The van der Waals surface area contributed by atoms with E-state index in [0.717, 1.165) is 21.6 Å². The fraction of sp³-hybridized carbons (Fsp3) is 0.167. The minimum atomic E-state index is 0.641. The number of nitrogens with two attached hydrogens (primary N) is 1. The summed E-state index contributed by atoms with van der Waals surface area (Å²) in [7, 11) is 0. The van der Waals surface area contributed by atoms with Crippen LogP contribution in [0.5, 0.6) is 0 Å². The van der Waals surface area contributed by atoms with Crippen molar-refractivity contribution in [1.82, 2.24) is 9.97 Å². The van der Waals surface area contributed by atoms with Gasteiger partial charge in [0.2, 0.25) is 0 Å². The van der Waals surface area contributed by atoms with Crippen LogP contribution in [0, 0.1) is 6.92 Å². The molecule has 0 amide bonds. The summed E-state index contributed by atoms with van der Waals surface area (Å²) in [6.45, 7) is 1.92. The second-order valence-corrected chi connectivity index (χ2v) is 4.68. The minimum Gasteiger partial charge on any atom is -0.308 e. The van der Waals surface area contributed by atoms with E-state index in [1.54, 1.807) is 0 Å². The van der Waals surface area contributed by atoms with Crippen molar-refractivity contribution in [2.75, 3.05) is 5.43 Å². The zero-order chi connectivity index (χ0) is 12.3. The molecule has 0 aliphatic rings. The third kappa shape index (κ3) is 3.25. The van der Waals surface area contributed by atoms with Crippen LogP contribution in [-0.2, 0) is 6.42 Å². The van der Waals surface area contributed by atoms with E-state index in [2.05, 4.69) is 37.4 Å². The van der Waals surface area contributed by atoms with Crippen LogP contribution in [-0.4, -0.2) is 9.97 Å². The van der Waals surface area contributed by atoms with Gasteiger partial charge in [0.15, 0.2) is 0 Å². The van der Waals surface area contributed by atoms with E-state index in [1.165, 1.54) is 0 Å². The average Bonchev–Trinajstić information content (AvgIpc) is 2.28. The number of halogens is 1. The van der Waals surface area contributed by atoms with E-state index in [-0.39, 0.29) is 0 Å². The van der Waals surface area contributed by atoms with Crippen LogP contribution in [0.4, 0.5) is 5.82 Å². The van der Waals surface area contributed by atoms with Gasteiger partial charge in [-0.15, -0.1) is 0 Å². The first-order valence-electron chi connectivity index (χ1n) is 5.23. The number of anilines is 1. The van der Waals surface area contributed by atoms with Crippen LogP contribution in [0.15, 0.2) is 34.8 Å². The van der Waals surface area contributed by atoms with Gasteiger partial charge in [0.25, 0.3) is 0 Å². The summed E-state index contributed by atoms with van der Waals surface area (Å²) in [4.78, 5) is 8.70. The SMILES string of the molecule is Cc1cc(NN)nc(Cc2cccc(Br)c2)n1. The zero-order valence-corrected chi connectivity index (χ0v) is 11.0. The summed E-state index contributed by atoms with van der Waals surface area (Å²) in [5.41, 5.74) is 4.61. The maximum Gasteiger partial charge on any atom is 0.143 e. The van der Waals surface area contributed by atoms with E-state index in [4.69, 9.17) is 5.84 Å². The molecule has 0 aliphatic carbocycles. The second kappa shape index (κ2) is 5.25. The largest absolute Gasteiger partial charge is 0.308 e. The molecule has 88 valence electrons. The van der Waals surface area contributed by atoms with Gasteiger partial charge in [-0.1, -0.05) is 28.1 Å². The summed E-state index contributed by atoms with van der Waals surface area (Å²) in [5, 5.41) is 0. The van der Waals surface area contributed by atoms with Crippen molar-refractivity contribution in [3.63, 3.8) is 0 Å². The van der Waals surface area contributed by atoms with Crippen molar-refractivity contribution < 1.29 is 0 Å². The lowest BCUT2D eigenvalue weighted by molar-refractivity contribution is 0.940. The Balaban J connectivity index is 2.26. The molecule has 0 atom stereocenters. The van der Waals surface area contributed by atoms with Gasteiger partial charge >= 0.3 is 0 Å².